The van der Waals surface area contributed by atoms with Gasteiger partial charge in [-0.05, 0) is 6.07 Å². The summed E-state index contributed by atoms with van der Waals surface area (Å²) in [5.41, 5.74) is -0.343. The van der Waals surface area contributed by atoms with Crippen LogP contribution in [0.15, 0.2) is 16.9 Å². The number of H-pyrrole nitrogens is 1. The van der Waals surface area contributed by atoms with Crippen molar-refractivity contribution in [2.45, 2.75) is 0 Å². The van der Waals surface area contributed by atoms with Crippen molar-refractivity contribution in [2.24, 2.45) is 0 Å². The van der Waals surface area contributed by atoms with Gasteiger partial charge in [-0.15, -0.1) is 0 Å². The summed E-state index contributed by atoms with van der Waals surface area (Å²) in [5, 5.41) is 8.08. The zero-order valence-corrected chi connectivity index (χ0v) is 9.87. The topological polar surface area (TPSA) is 121 Å². The van der Waals surface area contributed by atoms with Crippen molar-refractivity contribution in [2.75, 3.05) is 19.3 Å². The molecular weight excluding hydrogens is 248 g/mol. The van der Waals surface area contributed by atoms with Crippen molar-refractivity contribution >= 4 is 15.9 Å². The number of nitrogens with one attached hydrogen (secondary N) is 3. The summed E-state index contributed by atoms with van der Waals surface area (Å²) in [7, 11) is -3.26. The molecule has 0 saturated carbocycles. The fourth-order valence-corrected chi connectivity index (χ4v) is 1.45. The van der Waals surface area contributed by atoms with Gasteiger partial charge in [0.05, 0.1) is 6.26 Å². The van der Waals surface area contributed by atoms with Gasteiger partial charge in [0.2, 0.25) is 10.0 Å². The third-order valence-corrected chi connectivity index (χ3v) is 2.42. The maximum absolute atomic E-state index is 11.4. The van der Waals surface area contributed by atoms with Crippen LogP contribution in [-0.2, 0) is 10.0 Å². The van der Waals surface area contributed by atoms with Crippen molar-refractivity contribution in [1.29, 1.82) is 0 Å². The van der Waals surface area contributed by atoms with Crippen LogP contribution in [0.1, 0.15) is 10.5 Å². The molecule has 0 aromatic carbocycles. The lowest BCUT2D eigenvalue weighted by Gasteiger charge is -2.04. The molecule has 0 fully saturated rings. The number of sulfonamides is 1. The van der Waals surface area contributed by atoms with Gasteiger partial charge in [0, 0.05) is 19.2 Å². The van der Waals surface area contributed by atoms with E-state index >= 15 is 0 Å². The molecule has 0 aliphatic rings. The first-order chi connectivity index (χ1) is 7.88. The molecular formula is C8H12N4O4S. The average molecular weight is 260 g/mol. The molecule has 0 bridgehead atoms. The number of aromatic amines is 1. The first kappa shape index (κ1) is 13.3. The predicted octanol–water partition coefficient (Wildman–Crippen LogP) is -1.95. The van der Waals surface area contributed by atoms with E-state index in [1.807, 2.05) is 0 Å². The van der Waals surface area contributed by atoms with Gasteiger partial charge in [-0.1, -0.05) is 0 Å². The second-order valence-corrected chi connectivity index (χ2v) is 5.06. The van der Waals surface area contributed by atoms with Crippen molar-refractivity contribution < 1.29 is 13.2 Å². The maximum Gasteiger partial charge on any atom is 0.271 e. The molecule has 0 aliphatic carbocycles. The number of carbonyl (C=O) groups excluding carboxylic acids is 1. The van der Waals surface area contributed by atoms with Crippen molar-refractivity contribution in [1.82, 2.24) is 20.2 Å². The highest BCUT2D eigenvalue weighted by Gasteiger charge is 2.06. The second kappa shape index (κ2) is 5.55. The molecule has 8 nitrogen and oxygen atoms in total. The monoisotopic (exact) mass is 260 g/mol. The number of aromatic nitrogens is 2. The van der Waals surface area contributed by atoms with Crippen LogP contribution in [0.5, 0.6) is 0 Å². The molecule has 1 aromatic rings. The van der Waals surface area contributed by atoms with Gasteiger partial charge in [-0.25, -0.2) is 18.2 Å². The summed E-state index contributed by atoms with van der Waals surface area (Å²) in [4.78, 5) is 22.1. The predicted molar refractivity (Wildman–Crippen MR) is 60.0 cm³/mol. The number of amides is 1. The largest absolute Gasteiger partial charge is 0.349 e. The van der Waals surface area contributed by atoms with Crippen LogP contribution in [0.25, 0.3) is 0 Å². The van der Waals surface area contributed by atoms with E-state index in [-0.39, 0.29) is 18.8 Å². The Bertz CT molecular complexity index is 530. The van der Waals surface area contributed by atoms with Crippen LogP contribution in [-0.4, -0.2) is 43.9 Å². The molecule has 0 aliphatic heterocycles. The molecule has 1 heterocycles. The molecule has 17 heavy (non-hydrogen) atoms. The van der Waals surface area contributed by atoms with Gasteiger partial charge >= 0.3 is 0 Å². The lowest BCUT2D eigenvalue weighted by Crippen LogP contribution is -2.34. The van der Waals surface area contributed by atoms with Gasteiger partial charge in [0.1, 0.15) is 5.69 Å². The summed E-state index contributed by atoms with van der Waals surface area (Å²) in [6.45, 7) is 0.223. The van der Waals surface area contributed by atoms with Crippen LogP contribution in [0.2, 0.25) is 0 Å². The summed E-state index contributed by atoms with van der Waals surface area (Å²) in [6.07, 6.45) is 1.03. The SMILES string of the molecule is CS(=O)(=O)NCCNC(=O)c1ccc(=O)[nH]n1. The summed E-state index contributed by atoms with van der Waals surface area (Å²) < 4.78 is 23.6. The van der Waals surface area contributed by atoms with Gasteiger partial charge in [0.15, 0.2) is 0 Å². The lowest BCUT2D eigenvalue weighted by molar-refractivity contribution is 0.0948. The molecule has 3 N–H and O–H groups in total. The van der Waals surface area contributed by atoms with E-state index in [0.29, 0.717) is 0 Å². The van der Waals surface area contributed by atoms with Crippen molar-refractivity contribution in [3.63, 3.8) is 0 Å². The van der Waals surface area contributed by atoms with E-state index < -0.39 is 21.5 Å². The zero-order chi connectivity index (χ0) is 12.9. The molecule has 0 radical (unpaired) electrons. The van der Waals surface area contributed by atoms with Crippen LogP contribution in [0.3, 0.4) is 0 Å². The number of carbonyl (C=O) groups is 1. The highest BCUT2D eigenvalue weighted by atomic mass is 32.2. The van der Waals surface area contributed by atoms with Crippen LogP contribution in [0, 0.1) is 0 Å². The third-order valence-electron chi connectivity index (χ3n) is 1.69. The van der Waals surface area contributed by atoms with Crippen LogP contribution in [0.4, 0.5) is 0 Å². The Morgan fingerprint density at radius 3 is 2.65 bits per heavy atom. The molecule has 1 rings (SSSR count). The Balaban J connectivity index is 2.40. The minimum Gasteiger partial charge on any atom is -0.349 e. The van der Waals surface area contributed by atoms with Gasteiger partial charge < -0.3 is 5.32 Å². The first-order valence-electron chi connectivity index (χ1n) is 4.67. The van der Waals surface area contributed by atoms with E-state index in [0.717, 1.165) is 6.26 Å². The van der Waals surface area contributed by atoms with Crippen LogP contribution >= 0.6 is 0 Å². The normalized spacial score (nSPS) is 11.1. The molecule has 0 spiro atoms. The van der Waals surface area contributed by atoms with E-state index in [4.69, 9.17) is 0 Å². The first-order valence-corrected chi connectivity index (χ1v) is 6.56. The van der Waals surface area contributed by atoms with Gasteiger partial charge in [-0.3, -0.25) is 9.59 Å². The minimum atomic E-state index is -3.26. The number of hydrogen-bond acceptors (Lipinski definition) is 5. The number of rotatable bonds is 5. The summed E-state index contributed by atoms with van der Waals surface area (Å²) in [5.74, 6) is -0.489. The Labute approximate surface area is 97.5 Å². The van der Waals surface area contributed by atoms with E-state index in [9.17, 15) is 18.0 Å². The molecule has 0 unspecified atom stereocenters. The Morgan fingerprint density at radius 2 is 2.12 bits per heavy atom. The van der Waals surface area contributed by atoms with E-state index in [2.05, 4.69) is 20.2 Å². The molecule has 1 amide bonds. The highest BCUT2D eigenvalue weighted by Crippen LogP contribution is 1.87. The van der Waals surface area contributed by atoms with Crippen molar-refractivity contribution in [3.8, 4) is 0 Å². The maximum atomic E-state index is 11.4. The number of nitrogens with zero attached hydrogens (tertiary/aromatic N) is 1. The van der Waals surface area contributed by atoms with Crippen LogP contribution < -0.4 is 15.6 Å². The Hall–Kier alpha value is -1.74. The Morgan fingerprint density at radius 1 is 1.41 bits per heavy atom. The fourth-order valence-electron chi connectivity index (χ4n) is 0.974. The van der Waals surface area contributed by atoms with E-state index in [1.165, 1.54) is 12.1 Å². The number of hydrogen-bond donors (Lipinski definition) is 3. The lowest BCUT2D eigenvalue weighted by atomic mass is 10.3. The molecule has 0 atom stereocenters. The molecule has 0 saturated heterocycles. The standard InChI is InChI=1S/C8H12N4O4S/c1-17(15,16)10-5-4-9-8(14)6-2-3-7(13)12-11-6/h2-3,10H,4-5H2,1H3,(H,9,14)(H,12,13). The average Bonchev–Trinajstić information content (AvgIpc) is 2.24. The smallest absolute Gasteiger partial charge is 0.271 e. The third kappa shape index (κ3) is 5.22. The van der Waals surface area contributed by atoms with Gasteiger partial charge in [0.25, 0.3) is 11.5 Å². The highest BCUT2D eigenvalue weighted by molar-refractivity contribution is 7.88. The van der Waals surface area contributed by atoms with Crippen molar-refractivity contribution in [3.05, 3.63) is 28.2 Å². The summed E-state index contributed by atoms with van der Waals surface area (Å²) >= 11 is 0. The second-order valence-electron chi connectivity index (χ2n) is 3.23. The Kier molecular flexibility index (Phi) is 4.35. The molecule has 9 heteroatoms. The zero-order valence-electron chi connectivity index (χ0n) is 9.06. The summed E-state index contributed by atoms with van der Waals surface area (Å²) in [6, 6.07) is 2.45. The molecule has 1 aromatic heterocycles. The minimum absolute atomic E-state index is 0.0592. The van der Waals surface area contributed by atoms with E-state index in [1.54, 1.807) is 0 Å². The molecule has 94 valence electrons. The fraction of sp³-hybridized carbons (Fsp3) is 0.375. The quantitative estimate of drug-likeness (QED) is 0.531. The van der Waals surface area contributed by atoms with Gasteiger partial charge in [-0.2, -0.15) is 5.10 Å².